The van der Waals surface area contributed by atoms with Crippen molar-refractivity contribution in [3.8, 4) is 0 Å². The van der Waals surface area contributed by atoms with Gasteiger partial charge in [0.05, 0.1) is 5.54 Å². The first kappa shape index (κ1) is 16.8. The molecule has 1 saturated carbocycles. The molecule has 0 aromatic heterocycles. The zero-order valence-corrected chi connectivity index (χ0v) is 14.3. The minimum Gasteiger partial charge on any atom is -0.339 e. The van der Waals surface area contributed by atoms with E-state index in [-0.39, 0.29) is 11.4 Å². The van der Waals surface area contributed by atoms with Gasteiger partial charge in [0.25, 0.3) is 0 Å². The minimum atomic E-state index is -0.446. The fourth-order valence-corrected chi connectivity index (χ4v) is 3.95. The number of hydrogen-bond donors (Lipinski definition) is 2. The van der Waals surface area contributed by atoms with Crippen LogP contribution in [0.25, 0.3) is 0 Å². The van der Waals surface area contributed by atoms with E-state index in [1.807, 2.05) is 18.7 Å². The zero-order chi connectivity index (χ0) is 15.5. The molecule has 2 N–H and O–H groups in total. The van der Waals surface area contributed by atoms with Gasteiger partial charge in [0.15, 0.2) is 0 Å². The van der Waals surface area contributed by atoms with Crippen molar-refractivity contribution < 1.29 is 4.79 Å². The van der Waals surface area contributed by atoms with Crippen LogP contribution in [0.15, 0.2) is 0 Å². The molecular formula is C17H33N3O. The lowest BCUT2D eigenvalue weighted by atomic mass is 9.90. The molecule has 2 fully saturated rings. The highest BCUT2D eigenvalue weighted by Crippen LogP contribution is 2.22. The fourth-order valence-electron chi connectivity index (χ4n) is 3.95. The molecule has 1 saturated heterocycles. The van der Waals surface area contributed by atoms with E-state index < -0.39 is 5.54 Å². The van der Waals surface area contributed by atoms with Crippen molar-refractivity contribution in [3.63, 3.8) is 0 Å². The molecule has 1 aliphatic heterocycles. The average Bonchev–Trinajstić information content (AvgIpc) is 2.40. The van der Waals surface area contributed by atoms with Gasteiger partial charge in [-0.05, 0) is 53.5 Å². The molecular weight excluding hydrogens is 262 g/mol. The van der Waals surface area contributed by atoms with Crippen LogP contribution in [0.3, 0.4) is 0 Å². The lowest BCUT2D eigenvalue weighted by molar-refractivity contribution is -0.143. The van der Waals surface area contributed by atoms with Crippen molar-refractivity contribution in [2.45, 2.75) is 83.3 Å². The minimum absolute atomic E-state index is 0.00575. The Morgan fingerprint density at radius 2 is 1.86 bits per heavy atom. The van der Waals surface area contributed by atoms with Crippen molar-refractivity contribution in [1.82, 2.24) is 15.5 Å². The van der Waals surface area contributed by atoms with E-state index in [1.54, 1.807) is 0 Å². The molecule has 0 aromatic rings. The normalized spacial score (nSPS) is 26.1. The fraction of sp³-hybridized carbons (Fsp3) is 0.941. The Balaban J connectivity index is 1.75. The topological polar surface area (TPSA) is 44.4 Å². The van der Waals surface area contributed by atoms with E-state index in [2.05, 4.69) is 24.5 Å². The summed E-state index contributed by atoms with van der Waals surface area (Å²) in [6.45, 7) is 11.0. The van der Waals surface area contributed by atoms with Crippen LogP contribution >= 0.6 is 0 Å². The Morgan fingerprint density at radius 3 is 2.52 bits per heavy atom. The maximum Gasteiger partial charge on any atom is 0.242 e. The molecule has 2 rings (SSSR count). The van der Waals surface area contributed by atoms with E-state index in [0.717, 1.165) is 26.1 Å². The molecule has 1 aliphatic carbocycles. The number of hydrogen-bond acceptors (Lipinski definition) is 3. The van der Waals surface area contributed by atoms with Crippen LogP contribution in [0.2, 0.25) is 0 Å². The summed E-state index contributed by atoms with van der Waals surface area (Å²) < 4.78 is 0. The van der Waals surface area contributed by atoms with Crippen molar-refractivity contribution >= 4 is 5.91 Å². The van der Waals surface area contributed by atoms with Gasteiger partial charge in [-0.1, -0.05) is 19.3 Å². The molecule has 4 nitrogen and oxygen atoms in total. The molecule has 0 aromatic carbocycles. The lowest BCUT2D eigenvalue weighted by Crippen LogP contribution is -2.69. The number of nitrogens with zero attached hydrogens (tertiary/aromatic N) is 1. The number of piperazine rings is 1. The molecule has 4 heteroatoms. The summed E-state index contributed by atoms with van der Waals surface area (Å²) in [5.74, 6) is 0.236. The molecule has 1 amide bonds. The number of rotatable bonds is 5. The highest BCUT2D eigenvalue weighted by Gasteiger charge is 2.42. The second-order valence-corrected chi connectivity index (χ2v) is 8.00. The third-order valence-electron chi connectivity index (χ3n) is 4.70. The summed E-state index contributed by atoms with van der Waals surface area (Å²) in [5, 5.41) is 7.11. The number of nitrogens with one attached hydrogen (secondary N) is 2. The molecule has 0 radical (unpaired) electrons. The monoisotopic (exact) mass is 295 g/mol. The first-order chi connectivity index (χ1) is 9.80. The molecule has 0 atom stereocenters. The highest BCUT2D eigenvalue weighted by atomic mass is 16.2. The van der Waals surface area contributed by atoms with Gasteiger partial charge in [-0.15, -0.1) is 0 Å². The number of amides is 1. The standard InChI is InChI=1S/C17H33N3O/c1-16(2)13-20(15(21)17(3,4)19-16)12-8-11-18-14-9-6-5-7-10-14/h14,18-19H,5-13H2,1-4H3. The van der Waals surface area contributed by atoms with Crippen LogP contribution in [-0.2, 0) is 4.79 Å². The van der Waals surface area contributed by atoms with Crippen LogP contribution < -0.4 is 10.6 Å². The lowest BCUT2D eigenvalue weighted by Gasteiger charge is -2.47. The largest absolute Gasteiger partial charge is 0.339 e. The van der Waals surface area contributed by atoms with Crippen LogP contribution in [0.1, 0.15) is 66.2 Å². The van der Waals surface area contributed by atoms with Crippen LogP contribution in [-0.4, -0.2) is 47.6 Å². The molecule has 1 heterocycles. The quantitative estimate of drug-likeness (QED) is 0.765. The second-order valence-electron chi connectivity index (χ2n) is 8.00. The third-order valence-corrected chi connectivity index (χ3v) is 4.70. The van der Waals surface area contributed by atoms with Crippen molar-refractivity contribution in [1.29, 1.82) is 0 Å². The Morgan fingerprint density at radius 1 is 1.19 bits per heavy atom. The van der Waals surface area contributed by atoms with E-state index in [1.165, 1.54) is 32.1 Å². The number of carbonyl (C=O) groups is 1. The van der Waals surface area contributed by atoms with Gasteiger partial charge in [0.1, 0.15) is 0 Å². The molecule has 0 bridgehead atoms. The van der Waals surface area contributed by atoms with Gasteiger partial charge in [-0.3, -0.25) is 10.1 Å². The Hall–Kier alpha value is -0.610. The first-order valence-electron chi connectivity index (χ1n) is 8.62. The van der Waals surface area contributed by atoms with Crippen LogP contribution in [0.4, 0.5) is 0 Å². The SMILES string of the molecule is CC1(C)CN(CCCNC2CCCCC2)C(=O)C(C)(C)N1. The predicted molar refractivity (Wildman–Crippen MR) is 87.4 cm³/mol. The summed E-state index contributed by atoms with van der Waals surface area (Å²) in [7, 11) is 0. The van der Waals surface area contributed by atoms with Crippen molar-refractivity contribution in [3.05, 3.63) is 0 Å². The summed E-state index contributed by atoms with van der Waals surface area (Å²) in [6, 6.07) is 0.713. The van der Waals surface area contributed by atoms with Gasteiger partial charge in [-0.25, -0.2) is 0 Å². The van der Waals surface area contributed by atoms with Gasteiger partial charge < -0.3 is 10.2 Å². The van der Waals surface area contributed by atoms with Crippen LogP contribution in [0, 0.1) is 0 Å². The molecule has 2 aliphatic rings. The molecule has 0 unspecified atom stereocenters. The molecule has 0 spiro atoms. The summed E-state index contributed by atoms with van der Waals surface area (Å²) in [5.41, 5.74) is -0.452. The van der Waals surface area contributed by atoms with Crippen LogP contribution in [0.5, 0.6) is 0 Å². The Kier molecular flexibility index (Phi) is 5.31. The predicted octanol–water partition coefficient (Wildman–Crippen LogP) is 2.29. The summed E-state index contributed by atoms with van der Waals surface area (Å²) >= 11 is 0. The summed E-state index contributed by atoms with van der Waals surface area (Å²) in [4.78, 5) is 14.5. The number of carbonyl (C=O) groups excluding carboxylic acids is 1. The van der Waals surface area contributed by atoms with E-state index in [0.29, 0.717) is 6.04 Å². The Labute approximate surface area is 130 Å². The average molecular weight is 295 g/mol. The second kappa shape index (κ2) is 6.66. The van der Waals surface area contributed by atoms with E-state index >= 15 is 0 Å². The van der Waals surface area contributed by atoms with Gasteiger partial charge >= 0.3 is 0 Å². The van der Waals surface area contributed by atoms with E-state index in [9.17, 15) is 4.79 Å². The van der Waals surface area contributed by atoms with Crippen molar-refractivity contribution in [2.75, 3.05) is 19.6 Å². The third kappa shape index (κ3) is 4.68. The Bertz CT molecular complexity index is 359. The maximum atomic E-state index is 12.5. The van der Waals surface area contributed by atoms with Gasteiger partial charge in [0, 0.05) is 24.7 Å². The van der Waals surface area contributed by atoms with E-state index in [4.69, 9.17) is 0 Å². The van der Waals surface area contributed by atoms with Gasteiger partial charge in [-0.2, -0.15) is 0 Å². The zero-order valence-electron chi connectivity index (χ0n) is 14.3. The first-order valence-corrected chi connectivity index (χ1v) is 8.62. The smallest absolute Gasteiger partial charge is 0.242 e. The maximum absolute atomic E-state index is 12.5. The van der Waals surface area contributed by atoms with Gasteiger partial charge in [0.2, 0.25) is 5.91 Å². The van der Waals surface area contributed by atoms with Crippen molar-refractivity contribution in [2.24, 2.45) is 0 Å². The highest BCUT2D eigenvalue weighted by molar-refractivity contribution is 5.86. The summed E-state index contributed by atoms with van der Waals surface area (Å²) in [6.07, 6.45) is 7.85. The molecule has 122 valence electrons. The molecule has 21 heavy (non-hydrogen) atoms.